The Morgan fingerprint density at radius 3 is 2.35 bits per heavy atom. The summed E-state index contributed by atoms with van der Waals surface area (Å²) >= 11 is 0. The van der Waals surface area contributed by atoms with Gasteiger partial charge in [0.05, 0.1) is 24.1 Å². The summed E-state index contributed by atoms with van der Waals surface area (Å²) in [5, 5.41) is 13.4. The maximum atomic E-state index is 10.9. The number of nitrogen functional groups attached to an aromatic ring is 1. The van der Waals surface area contributed by atoms with Crippen molar-refractivity contribution in [2.75, 3.05) is 12.8 Å². The van der Waals surface area contributed by atoms with Gasteiger partial charge in [-0.15, -0.1) is 0 Å². The van der Waals surface area contributed by atoms with Crippen molar-refractivity contribution in [3.05, 3.63) is 60.2 Å². The number of methoxy groups -OCH3 is 1. The van der Waals surface area contributed by atoms with Crippen molar-refractivity contribution in [3.8, 4) is 22.7 Å². The molecule has 0 bridgehead atoms. The number of aromatic carboxylic acids is 1. The summed E-state index contributed by atoms with van der Waals surface area (Å²) in [5.74, 6) is 0.288. The summed E-state index contributed by atoms with van der Waals surface area (Å²) in [7, 11) is 1.61. The molecule has 0 radical (unpaired) electrons. The summed E-state index contributed by atoms with van der Waals surface area (Å²) < 4.78 is 6.76. The molecule has 1 aromatic heterocycles. The van der Waals surface area contributed by atoms with Crippen molar-refractivity contribution in [1.29, 1.82) is 0 Å². The van der Waals surface area contributed by atoms with Crippen LogP contribution in [0.3, 0.4) is 0 Å². The Kier molecular flexibility index (Phi) is 3.72. The molecule has 23 heavy (non-hydrogen) atoms. The van der Waals surface area contributed by atoms with Crippen LogP contribution in [0.25, 0.3) is 16.9 Å². The smallest absolute Gasteiger partial charge is 0.335 e. The van der Waals surface area contributed by atoms with Gasteiger partial charge in [0.1, 0.15) is 11.6 Å². The number of hydrogen-bond acceptors (Lipinski definition) is 4. The van der Waals surface area contributed by atoms with E-state index >= 15 is 0 Å². The second-order valence-corrected chi connectivity index (χ2v) is 4.95. The minimum atomic E-state index is -0.958. The summed E-state index contributed by atoms with van der Waals surface area (Å²) in [4.78, 5) is 10.9. The molecule has 0 aliphatic heterocycles. The van der Waals surface area contributed by atoms with E-state index in [0.717, 1.165) is 17.0 Å². The Morgan fingerprint density at radius 1 is 1.13 bits per heavy atom. The zero-order valence-corrected chi connectivity index (χ0v) is 12.4. The second kappa shape index (κ2) is 5.84. The number of hydrogen-bond donors (Lipinski definition) is 2. The van der Waals surface area contributed by atoms with Crippen LogP contribution < -0.4 is 10.5 Å². The van der Waals surface area contributed by atoms with Crippen molar-refractivity contribution in [2.24, 2.45) is 0 Å². The number of carboxylic acid groups (broad SMARTS) is 1. The Bertz CT molecular complexity index is 837. The number of anilines is 1. The van der Waals surface area contributed by atoms with E-state index < -0.39 is 5.97 Å². The monoisotopic (exact) mass is 309 g/mol. The van der Waals surface area contributed by atoms with Gasteiger partial charge >= 0.3 is 5.97 Å². The number of nitrogens with zero attached hydrogens (tertiary/aromatic N) is 2. The lowest BCUT2D eigenvalue weighted by Crippen LogP contribution is -2.01. The number of nitrogens with two attached hydrogens (primary N) is 1. The van der Waals surface area contributed by atoms with Crippen LogP contribution >= 0.6 is 0 Å². The fourth-order valence-corrected chi connectivity index (χ4v) is 2.25. The third-order valence-electron chi connectivity index (χ3n) is 3.48. The Labute approximate surface area is 132 Å². The van der Waals surface area contributed by atoms with Crippen molar-refractivity contribution < 1.29 is 14.6 Å². The molecule has 2 aromatic carbocycles. The first kappa shape index (κ1) is 14.6. The highest BCUT2D eigenvalue weighted by Crippen LogP contribution is 2.24. The molecule has 6 nitrogen and oxygen atoms in total. The van der Waals surface area contributed by atoms with E-state index in [9.17, 15) is 4.79 Å². The first-order chi connectivity index (χ1) is 11.1. The van der Waals surface area contributed by atoms with Gasteiger partial charge in [0, 0.05) is 11.6 Å². The van der Waals surface area contributed by atoms with Gasteiger partial charge in [0.25, 0.3) is 0 Å². The maximum Gasteiger partial charge on any atom is 0.335 e. The SMILES string of the molecule is COc1ccc(-n2nc(-c3ccc(C(=O)O)cc3)cc2N)cc1. The van der Waals surface area contributed by atoms with Crippen LogP contribution in [-0.4, -0.2) is 28.0 Å². The van der Waals surface area contributed by atoms with E-state index in [1.54, 1.807) is 42.1 Å². The summed E-state index contributed by atoms with van der Waals surface area (Å²) in [6.45, 7) is 0. The topological polar surface area (TPSA) is 90.4 Å². The Hall–Kier alpha value is -3.28. The predicted molar refractivity (Wildman–Crippen MR) is 86.9 cm³/mol. The number of benzene rings is 2. The lowest BCUT2D eigenvalue weighted by Gasteiger charge is -2.05. The molecular formula is C17H15N3O3. The number of carbonyl (C=O) groups is 1. The standard InChI is InChI=1S/C17H15N3O3/c1-23-14-8-6-13(7-9-14)20-16(18)10-15(19-20)11-2-4-12(5-3-11)17(21)22/h2-10H,18H2,1H3,(H,21,22). The molecule has 0 atom stereocenters. The first-order valence-corrected chi connectivity index (χ1v) is 6.92. The van der Waals surface area contributed by atoms with Gasteiger partial charge in [-0.2, -0.15) is 5.10 Å². The molecular weight excluding hydrogens is 294 g/mol. The molecule has 0 saturated carbocycles. The number of aromatic nitrogens is 2. The normalized spacial score (nSPS) is 10.5. The lowest BCUT2D eigenvalue weighted by atomic mass is 10.1. The molecule has 0 aliphatic carbocycles. The van der Waals surface area contributed by atoms with Crippen molar-refractivity contribution in [2.45, 2.75) is 0 Å². The quantitative estimate of drug-likeness (QED) is 0.773. The van der Waals surface area contributed by atoms with E-state index in [4.69, 9.17) is 15.6 Å². The highest BCUT2D eigenvalue weighted by molar-refractivity contribution is 5.88. The minimum Gasteiger partial charge on any atom is -0.497 e. The highest BCUT2D eigenvalue weighted by Gasteiger charge is 2.10. The van der Waals surface area contributed by atoms with Crippen molar-refractivity contribution >= 4 is 11.8 Å². The third-order valence-corrected chi connectivity index (χ3v) is 3.48. The summed E-state index contributed by atoms with van der Waals surface area (Å²) in [6, 6.07) is 15.6. The van der Waals surface area contributed by atoms with E-state index in [1.807, 2.05) is 24.3 Å². The second-order valence-electron chi connectivity index (χ2n) is 4.95. The molecule has 1 heterocycles. The van der Waals surface area contributed by atoms with Crippen LogP contribution in [0, 0.1) is 0 Å². The molecule has 0 spiro atoms. The molecule has 0 fully saturated rings. The summed E-state index contributed by atoms with van der Waals surface area (Å²) in [5.41, 5.74) is 8.56. The molecule has 0 aliphatic rings. The number of carboxylic acids is 1. The average Bonchev–Trinajstić information content (AvgIpc) is 2.97. The van der Waals surface area contributed by atoms with E-state index in [0.29, 0.717) is 11.5 Å². The van der Waals surface area contributed by atoms with E-state index in [2.05, 4.69) is 5.10 Å². The molecule has 6 heteroatoms. The summed E-state index contributed by atoms with van der Waals surface area (Å²) in [6.07, 6.45) is 0. The predicted octanol–water partition coefficient (Wildman–Crippen LogP) is 2.83. The Morgan fingerprint density at radius 2 is 1.78 bits per heavy atom. The van der Waals surface area contributed by atoms with Crippen molar-refractivity contribution in [3.63, 3.8) is 0 Å². The number of ether oxygens (including phenoxy) is 1. The van der Waals surface area contributed by atoms with Gasteiger partial charge in [-0.25, -0.2) is 9.48 Å². The van der Waals surface area contributed by atoms with Gasteiger partial charge in [-0.3, -0.25) is 0 Å². The maximum absolute atomic E-state index is 10.9. The van der Waals surface area contributed by atoms with Gasteiger partial charge < -0.3 is 15.6 Å². The molecule has 116 valence electrons. The van der Waals surface area contributed by atoms with E-state index in [1.165, 1.54) is 0 Å². The van der Waals surface area contributed by atoms with Crippen LogP contribution in [0.4, 0.5) is 5.82 Å². The fourth-order valence-electron chi connectivity index (χ4n) is 2.25. The zero-order valence-electron chi connectivity index (χ0n) is 12.4. The molecule has 3 rings (SSSR count). The third kappa shape index (κ3) is 2.87. The largest absolute Gasteiger partial charge is 0.497 e. The van der Waals surface area contributed by atoms with Crippen LogP contribution in [0.15, 0.2) is 54.6 Å². The van der Waals surface area contributed by atoms with Crippen LogP contribution in [0.5, 0.6) is 5.75 Å². The molecule has 0 unspecified atom stereocenters. The highest BCUT2D eigenvalue weighted by atomic mass is 16.5. The van der Waals surface area contributed by atoms with Gasteiger partial charge in [0.2, 0.25) is 0 Å². The number of rotatable bonds is 4. The van der Waals surface area contributed by atoms with Gasteiger partial charge in [0.15, 0.2) is 0 Å². The van der Waals surface area contributed by atoms with Crippen LogP contribution in [0.2, 0.25) is 0 Å². The minimum absolute atomic E-state index is 0.233. The molecule has 3 N–H and O–H groups in total. The Balaban J connectivity index is 1.95. The van der Waals surface area contributed by atoms with Crippen LogP contribution in [-0.2, 0) is 0 Å². The van der Waals surface area contributed by atoms with Crippen molar-refractivity contribution in [1.82, 2.24) is 9.78 Å². The molecule has 0 saturated heterocycles. The lowest BCUT2D eigenvalue weighted by molar-refractivity contribution is 0.0697. The van der Waals surface area contributed by atoms with Gasteiger partial charge in [-0.1, -0.05) is 12.1 Å². The molecule has 3 aromatic rings. The fraction of sp³-hybridized carbons (Fsp3) is 0.0588. The first-order valence-electron chi connectivity index (χ1n) is 6.92. The molecule has 0 amide bonds. The van der Waals surface area contributed by atoms with Crippen LogP contribution in [0.1, 0.15) is 10.4 Å². The van der Waals surface area contributed by atoms with E-state index in [-0.39, 0.29) is 5.56 Å². The van der Waals surface area contributed by atoms with Gasteiger partial charge in [-0.05, 0) is 36.4 Å². The zero-order chi connectivity index (χ0) is 16.4. The average molecular weight is 309 g/mol.